The highest BCUT2D eigenvalue weighted by Crippen LogP contribution is 2.37. The van der Waals surface area contributed by atoms with Crippen molar-refractivity contribution in [1.29, 1.82) is 0 Å². The Bertz CT molecular complexity index is 2500. The van der Waals surface area contributed by atoms with Crippen molar-refractivity contribution in [2.45, 2.75) is 50.6 Å². The number of nitrogens with zero attached hydrogens (tertiary/aromatic N) is 1. The first-order valence-electron chi connectivity index (χ1n) is 18.2. The van der Waals surface area contributed by atoms with Crippen molar-refractivity contribution < 1.29 is 57.5 Å². The Labute approximate surface area is 361 Å². The summed E-state index contributed by atoms with van der Waals surface area (Å²) in [5, 5.41) is 3.03. The van der Waals surface area contributed by atoms with E-state index >= 15 is 0 Å². The van der Waals surface area contributed by atoms with Crippen molar-refractivity contribution in [3.8, 4) is 0 Å². The van der Waals surface area contributed by atoms with Crippen LogP contribution >= 0.6 is 34.8 Å². The lowest BCUT2D eigenvalue weighted by Crippen LogP contribution is -2.33. The number of halogens is 15. The maximum absolute atomic E-state index is 13.6. The van der Waals surface area contributed by atoms with Gasteiger partial charge in [0.15, 0.2) is 0 Å². The van der Waals surface area contributed by atoms with E-state index in [1.807, 2.05) is 0 Å². The van der Waals surface area contributed by atoms with Crippen LogP contribution in [0.5, 0.6) is 0 Å². The lowest BCUT2D eigenvalue weighted by molar-refractivity contribution is -0.138. The Morgan fingerprint density at radius 1 is 0.581 bits per heavy atom. The third-order valence-corrected chi connectivity index (χ3v) is 10.1. The quantitative estimate of drug-likeness (QED) is 0.100. The van der Waals surface area contributed by atoms with Crippen LogP contribution < -0.4 is 5.32 Å². The maximum atomic E-state index is 13.6. The molecule has 1 heterocycles. The summed E-state index contributed by atoms with van der Waals surface area (Å²) in [6.45, 7) is 0.481. The van der Waals surface area contributed by atoms with E-state index in [2.05, 4.69) is 10.3 Å². The number of nitrogens with one attached hydrogen (secondary N) is 2. The lowest BCUT2D eigenvalue weighted by atomic mass is 10.1. The zero-order chi connectivity index (χ0) is 45.6. The molecule has 0 fully saturated rings. The second kappa shape index (κ2) is 19.7. The molecule has 0 bridgehead atoms. The van der Waals surface area contributed by atoms with E-state index in [9.17, 15) is 57.5 Å². The van der Waals surface area contributed by atoms with Crippen LogP contribution in [0.2, 0.25) is 15.1 Å². The highest BCUT2D eigenvalue weighted by Gasteiger charge is 2.35. The van der Waals surface area contributed by atoms with Crippen molar-refractivity contribution in [1.82, 2.24) is 15.2 Å². The molecule has 0 saturated carbocycles. The third kappa shape index (κ3) is 13.1. The van der Waals surface area contributed by atoms with Crippen LogP contribution in [0, 0.1) is 0 Å². The molecule has 330 valence electrons. The van der Waals surface area contributed by atoms with E-state index in [0.29, 0.717) is 51.1 Å². The average Bonchev–Trinajstić information content (AvgIpc) is 3.65. The number of amides is 1. The number of benzene rings is 5. The molecule has 0 atom stereocenters. The minimum absolute atomic E-state index is 0.0203. The van der Waals surface area contributed by atoms with Gasteiger partial charge in [-0.1, -0.05) is 83.3 Å². The van der Waals surface area contributed by atoms with Gasteiger partial charge >= 0.3 is 24.7 Å². The predicted octanol–water partition coefficient (Wildman–Crippen LogP) is 14.1. The number of fused-ring (bicyclic) bond motifs is 1. The fourth-order valence-electron chi connectivity index (χ4n) is 6.27. The molecule has 0 aliphatic heterocycles. The van der Waals surface area contributed by atoms with Crippen LogP contribution in [0.3, 0.4) is 0 Å². The first-order chi connectivity index (χ1) is 28.9. The minimum atomic E-state index is -4.64. The molecule has 19 heteroatoms. The predicted molar refractivity (Wildman–Crippen MR) is 213 cm³/mol. The van der Waals surface area contributed by atoms with Gasteiger partial charge in [-0.3, -0.25) is 4.79 Å². The van der Waals surface area contributed by atoms with Gasteiger partial charge in [-0.25, -0.2) is 0 Å². The van der Waals surface area contributed by atoms with Gasteiger partial charge in [0.1, 0.15) is 0 Å². The minimum Gasteiger partial charge on any atom is -0.361 e. The van der Waals surface area contributed by atoms with Gasteiger partial charge < -0.3 is 15.2 Å². The number of aromatic nitrogens is 1. The standard InChI is InChI=1S/C26H18Cl2F6N2O.C17H14ClF6N/c27-19-12-17-6-8-35-23(17)20(13-19)24(37)36(9-7-15-2-1-3-18(10-15)25(29,30)31)14-16-4-5-21(22(28)11-16)26(32,33)34;18-15-9-12(4-5-14(15)17(22,23)24)10-25-7-6-11-2-1-3-13(8-11)16(19,20)21/h1-6,8,10-13,35H,7,9,14H2;1-5,8-9,25H,6-7,10H2. The summed E-state index contributed by atoms with van der Waals surface area (Å²) in [6.07, 6.45) is -16.0. The smallest absolute Gasteiger partial charge is 0.361 e. The average molecular weight is 941 g/mol. The second-order valence-corrected chi connectivity index (χ2v) is 15.1. The highest BCUT2D eigenvalue weighted by molar-refractivity contribution is 6.32. The van der Waals surface area contributed by atoms with Gasteiger partial charge in [-0.05, 0) is 96.2 Å². The van der Waals surface area contributed by atoms with Crippen LogP contribution in [0.1, 0.15) is 54.9 Å². The summed E-state index contributed by atoms with van der Waals surface area (Å²) in [7, 11) is 0. The fraction of sp³-hybridized carbons (Fsp3) is 0.233. The van der Waals surface area contributed by atoms with Gasteiger partial charge in [0.25, 0.3) is 5.91 Å². The largest absolute Gasteiger partial charge is 0.417 e. The number of hydrogen-bond donors (Lipinski definition) is 2. The van der Waals surface area contributed by atoms with E-state index < -0.39 is 57.9 Å². The number of aromatic amines is 1. The monoisotopic (exact) mass is 939 g/mol. The van der Waals surface area contributed by atoms with Gasteiger partial charge in [0, 0.05) is 36.2 Å². The summed E-state index contributed by atoms with van der Waals surface area (Å²) in [6, 6.07) is 21.2. The Morgan fingerprint density at radius 3 is 1.65 bits per heavy atom. The Kier molecular flexibility index (Phi) is 15.3. The van der Waals surface area contributed by atoms with Crippen molar-refractivity contribution in [3.63, 3.8) is 0 Å². The number of hydrogen-bond acceptors (Lipinski definition) is 2. The SMILES string of the molecule is FC(F)(F)c1cccc(CCNCc2ccc(C(F)(F)F)c(Cl)c2)c1.O=C(c1cc(Cl)cc2cc[nH]c12)N(CCc1cccc(C(F)(F)F)c1)Cc1ccc(C(F)(F)F)c(Cl)c1. The molecule has 5 aromatic carbocycles. The lowest BCUT2D eigenvalue weighted by Gasteiger charge is -2.24. The van der Waals surface area contributed by atoms with Gasteiger partial charge in [-0.15, -0.1) is 0 Å². The number of carbonyl (C=O) groups is 1. The topological polar surface area (TPSA) is 48.1 Å². The van der Waals surface area contributed by atoms with E-state index in [0.717, 1.165) is 42.5 Å². The maximum Gasteiger partial charge on any atom is 0.417 e. The molecule has 0 aliphatic carbocycles. The zero-order valence-corrected chi connectivity index (χ0v) is 33.9. The summed E-state index contributed by atoms with van der Waals surface area (Å²) in [5.74, 6) is -0.502. The molecule has 62 heavy (non-hydrogen) atoms. The Balaban J connectivity index is 0.000000253. The molecule has 0 spiro atoms. The van der Waals surface area contributed by atoms with Crippen LogP contribution in [-0.2, 0) is 50.6 Å². The fourth-order valence-corrected chi connectivity index (χ4v) is 7.12. The van der Waals surface area contributed by atoms with E-state index in [1.165, 1.54) is 47.4 Å². The molecular formula is C43H32Cl3F12N3O. The van der Waals surface area contributed by atoms with Crippen LogP contribution in [0.25, 0.3) is 10.9 Å². The van der Waals surface area contributed by atoms with Gasteiger partial charge in [-0.2, -0.15) is 52.7 Å². The first-order valence-corrected chi connectivity index (χ1v) is 19.3. The molecule has 0 aliphatic rings. The number of alkyl halides is 12. The first kappa shape index (κ1) is 48.1. The molecule has 0 radical (unpaired) electrons. The molecule has 0 unspecified atom stereocenters. The van der Waals surface area contributed by atoms with Crippen LogP contribution in [0.4, 0.5) is 52.7 Å². The van der Waals surface area contributed by atoms with Crippen molar-refractivity contribution >= 4 is 51.6 Å². The molecule has 0 saturated heterocycles. The van der Waals surface area contributed by atoms with Crippen molar-refractivity contribution in [2.24, 2.45) is 0 Å². The van der Waals surface area contributed by atoms with Gasteiger partial charge in [0.2, 0.25) is 0 Å². The molecule has 6 aromatic rings. The molecular weight excluding hydrogens is 909 g/mol. The summed E-state index contributed by atoms with van der Waals surface area (Å²) < 4.78 is 155. The molecule has 1 aromatic heterocycles. The van der Waals surface area contributed by atoms with E-state index in [4.69, 9.17) is 34.8 Å². The van der Waals surface area contributed by atoms with E-state index in [-0.39, 0.29) is 36.6 Å². The van der Waals surface area contributed by atoms with Crippen molar-refractivity contribution in [3.05, 3.63) is 174 Å². The molecule has 4 nitrogen and oxygen atoms in total. The summed E-state index contributed by atoms with van der Waals surface area (Å²) in [4.78, 5) is 17.9. The number of carbonyl (C=O) groups excluding carboxylic acids is 1. The normalized spacial score (nSPS) is 12.3. The van der Waals surface area contributed by atoms with Crippen LogP contribution in [0.15, 0.2) is 109 Å². The highest BCUT2D eigenvalue weighted by atomic mass is 35.5. The second-order valence-electron chi connectivity index (χ2n) is 13.8. The molecule has 6 rings (SSSR count). The van der Waals surface area contributed by atoms with Crippen LogP contribution in [-0.4, -0.2) is 28.9 Å². The number of H-pyrrole nitrogens is 1. The summed E-state index contributed by atoms with van der Waals surface area (Å²) in [5.41, 5.74) is -0.980. The Morgan fingerprint density at radius 2 is 1.11 bits per heavy atom. The summed E-state index contributed by atoms with van der Waals surface area (Å²) >= 11 is 17.7. The number of rotatable bonds is 11. The third-order valence-electron chi connectivity index (χ3n) is 9.29. The van der Waals surface area contributed by atoms with Gasteiger partial charge in [0.05, 0.1) is 43.4 Å². The molecule has 1 amide bonds. The van der Waals surface area contributed by atoms with E-state index in [1.54, 1.807) is 24.4 Å². The Hall–Kier alpha value is -4.90. The molecule has 2 N–H and O–H groups in total. The zero-order valence-electron chi connectivity index (χ0n) is 31.7. The van der Waals surface area contributed by atoms with Crippen molar-refractivity contribution in [2.75, 3.05) is 13.1 Å².